The zero-order valence-corrected chi connectivity index (χ0v) is 19.6. The number of pyridine rings is 1. The lowest BCUT2D eigenvalue weighted by molar-refractivity contribution is 0.160. The largest absolute Gasteiger partial charge is 0.472 e. The number of nitrogen functional groups attached to an aromatic ring is 1. The summed E-state index contributed by atoms with van der Waals surface area (Å²) in [6, 6.07) is 17.4. The van der Waals surface area contributed by atoms with Gasteiger partial charge in [-0.2, -0.15) is 0 Å². The molecule has 3 aromatic heterocycles. The zero-order valence-electron chi connectivity index (χ0n) is 19.6. The number of nitrogens with zero attached hydrogens (tertiary/aromatic N) is 3. The first kappa shape index (κ1) is 22.1. The first-order chi connectivity index (χ1) is 17.7. The van der Waals surface area contributed by atoms with Crippen LogP contribution < -0.4 is 20.5 Å². The van der Waals surface area contributed by atoms with Gasteiger partial charge in [0.1, 0.15) is 11.9 Å². The molecule has 0 unspecified atom stereocenters. The van der Waals surface area contributed by atoms with Gasteiger partial charge in [0.2, 0.25) is 11.8 Å². The molecule has 5 aromatic rings. The highest BCUT2D eigenvalue weighted by molar-refractivity contribution is 5.97. The number of rotatable bonds is 6. The van der Waals surface area contributed by atoms with Crippen molar-refractivity contribution in [2.24, 2.45) is 0 Å². The summed E-state index contributed by atoms with van der Waals surface area (Å²) >= 11 is 0. The fourth-order valence-electron chi connectivity index (χ4n) is 4.47. The number of hydrogen-bond donors (Lipinski definition) is 3. The van der Waals surface area contributed by atoms with E-state index in [1.165, 1.54) is 0 Å². The molecule has 0 radical (unpaired) electrons. The van der Waals surface area contributed by atoms with Gasteiger partial charge in [0.05, 0.1) is 18.1 Å². The van der Waals surface area contributed by atoms with E-state index in [-0.39, 0.29) is 6.10 Å². The summed E-state index contributed by atoms with van der Waals surface area (Å²) in [7, 11) is 0. The topological polar surface area (TPSA) is 111 Å². The number of aromatic amines is 1. The molecular formula is C28H26N6O2. The Labute approximate surface area is 208 Å². The minimum absolute atomic E-state index is 0.114. The molecule has 4 N–H and O–H groups in total. The molecule has 0 aliphatic carbocycles. The average molecular weight is 479 g/mol. The van der Waals surface area contributed by atoms with Crippen molar-refractivity contribution in [1.82, 2.24) is 25.3 Å². The molecule has 1 aliphatic heterocycles. The van der Waals surface area contributed by atoms with E-state index in [0.717, 1.165) is 59.2 Å². The number of aromatic nitrogens is 4. The second-order valence-electron chi connectivity index (χ2n) is 8.82. The predicted octanol–water partition coefficient (Wildman–Crippen LogP) is 5.19. The second-order valence-corrected chi connectivity index (χ2v) is 8.82. The summed E-state index contributed by atoms with van der Waals surface area (Å²) < 4.78 is 12.2. The van der Waals surface area contributed by atoms with E-state index < -0.39 is 0 Å². The lowest BCUT2D eigenvalue weighted by atomic mass is 10.0. The summed E-state index contributed by atoms with van der Waals surface area (Å²) in [6.07, 6.45) is 9.35. The highest BCUT2D eigenvalue weighted by atomic mass is 16.5. The van der Waals surface area contributed by atoms with Crippen LogP contribution in [0.25, 0.3) is 33.3 Å². The maximum atomic E-state index is 6.10. The van der Waals surface area contributed by atoms with Crippen LogP contribution in [-0.4, -0.2) is 39.1 Å². The van der Waals surface area contributed by atoms with Gasteiger partial charge in [0.25, 0.3) is 0 Å². The van der Waals surface area contributed by atoms with E-state index in [2.05, 4.69) is 38.5 Å². The Morgan fingerprint density at radius 1 is 1.00 bits per heavy atom. The molecule has 1 aliphatic rings. The Balaban J connectivity index is 1.33. The van der Waals surface area contributed by atoms with Crippen LogP contribution in [0.3, 0.4) is 0 Å². The number of hydrogen-bond acceptors (Lipinski definition) is 7. The van der Waals surface area contributed by atoms with Gasteiger partial charge < -0.3 is 25.5 Å². The van der Waals surface area contributed by atoms with Crippen molar-refractivity contribution in [3.05, 3.63) is 79.4 Å². The van der Waals surface area contributed by atoms with Crippen molar-refractivity contribution >= 4 is 16.6 Å². The van der Waals surface area contributed by atoms with Gasteiger partial charge in [0, 0.05) is 46.7 Å². The van der Waals surface area contributed by atoms with Gasteiger partial charge >= 0.3 is 0 Å². The van der Waals surface area contributed by atoms with Crippen molar-refractivity contribution in [3.63, 3.8) is 0 Å². The smallest absolute Gasteiger partial charge is 0.233 e. The molecule has 4 heterocycles. The third-order valence-electron chi connectivity index (χ3n) is 6.29. The van der Waals surface area contributed by atoms with Crippen molar-refractivity contribution in [1.29, 1.82) is 0 Å². The Kier molecular flexibility index (Phi) is 5.93. The van der Waals surface area contributed by atoms with E-state index in [0.29, 0.717) is 23.2 Å². The van der Waals surface area contributed by atoms with Crippen LogP contribution >= 0.6 is 0 Å². The monoisotopic (exact) mass is 478 g/mol. The lowest BCUT2D eigenvalue weighted by Crippen LogP contribution is -2.37. The first-order valence-corrected chi connectivity index (χ1v) is 12.0. The fraction of sp³-hybridized carbons (Fsp3) is 0.179. The number of piperidine rings is 1. The minimum atomic E-state index is 0.114. The number of nitrogens with one attached hydrogen (secondary N) is 2. The average Bonchev–Trinajstić information content (AvgIpc) is 3.34. The summed E-state index contributed by atoms with van der Waals surface area (Å²) in [5, 5.41) is 4.39. The molecule has 8 nitrogen and oxygen atoms in total. The number of benzene rings is 2. The van der Waals surface area contributed by atoms with Gasteiger partial charge in [-0.1, -0.05) is 6.07 Å². The van der Waals surface area contributed by atoms with Crippen molar-refractivity contribution in [3.8, 4) is 39.9 Å². The highest BCUT2D eigenvalue weighted by Gasteiger charge is 2.17. The Morgan fingerprint density at radius 3 is 2.78 bits per heavy atom. The molecule has 1 atom stereocenters. The van der Waals surface area contributed by atoms with Crippen LogP contribution in [0.2, 0.25) is 0 Å². The van der Waals surface area contributed by atoms with Gasteiger partial charge in [0.15, 0.2) is 0 Å². The molecular weight excluding hydrogens is 452 g/mol. The summed E-state index contributed by atoms with van der Waals surface area (Å²) in [5.41, 5.74) is 11.1. The van der Waals surface area contributed by atoms with Gasteiger partial charge in [-0.15, -0.1) is 0 Å². The van der Waals surface area contributed by atoms with Crippen molar-refractivity contribution < 1.29 is 9.47 Å². The standard InChI is InChI=1S/C28H26N6O2/c29-19-6-8-20(9-7-19)36-28-22(4-2-12-32-28)18-5-10-25-23(13-18)24(15-33-25)26-16-31-17-27(34-26)35-21-3-1-11-30-14-21/h2,4-10,12-13,15-17,21,30,33H,1,3,11,14,29H2/t21-/m1/s1. The van der Waals surface area contributed by atoms with Crippen LogP contribution in [0.15, 0.2) is 79.4 Å². The molecule has 0 saturated carbocycles. The molecule has 8 heteroatoms. The Hall–Kier alpha value is -4.43. The highest BCUT2D eigenvalue weighted by Crippen LogP contribution is 2.36. The van der Waals surface area contributed by atoms with E-state index >= 15 is 0 Å². The molecule has 0 bridgehead atoms. The quantitative estimate of drug-likeness (QED) is 0.288. The number of fused-ring (bicyclic) bond motifs is 1. The number of H-pyrrole nitrogens is 1. The van der Waals surface area contributed by atoms with Gasteiger partial charge in [-0.3, -0.25) is 4.98 Å². The summed E-state index contributed by atoms with van der Waals surface area (Å²) in [6.45, 7) is 1.86. The van der Waals surface area contributed by atoms with Crippen LogP contribution in [0.1, 0.15) is 12.8 Å². The van der Waals surface area contributed by atoms with E-state index in [1.54, 1.807) is 30.7 Å². The Morgan fingerprint density at radius 2 is 1.92 bits per heavy atom. The third-order valence-corrected chi connectivity index (χ3v) is 6.29. The van der Waals surface area contributed by atoms with Crippen molar-refractivity contribution in [2.75, 3.05) is 18.8 Å². The second kappa shape index (κ2) is 9.67. The maximum Gasteiger partial charge on any atom is 0.233 e. The number of ether oxygens (including phenoxy) is 2. The number of anilines is 1. The van der Waals surface area contributed by atoms with Gasteiger partial charge in [-0.25, -0.2) is 9.97 Å². The minimum Gasteiger partial charge on any atom is -0.472 e. The van der Waals surface area contributed by atoms with E-state index in [9.17, 15) is 0 Å². The molecule has 180 valence electrons. The van der Waals surface area contributed by atoms with Crippen molar-refractivity contribution in [2.45, 2.75) is 18.9 Å². The maximum absolute atomic E-state index is 6.10. The first-order valence-electron chi connectivity index (χ1n) is 12.0. The van der Waals surface area contributed by atoms with Crippen LogP contribution in [0, 0.1) is 0 Å². The summed E-state index contributed by atoms with van der Waals surface area (Å²) in [5.74, 6) is 1.74. The normalized spacial score (nSPS) is 15.6. The zero-order chi connectivity index (χ0) is 24.3. The third kappa shape index (κ3) is 4.58. The van der Waals surface area contributed by atoms with E-state index in [4.69, 9.17) is 20.2 Å². The molecule has 36 heavy (non-hydrogen) atoms. The molecule has 0 amide bonds. The molecule has 6 rings (SSSR count). The van der Waals surface area contributed by atoms with Crippen LogP contribution in [0.5, 0.6) is 17.5 Å². The molecule has 1 saturated heterocycles. The van der Waals surface area contributed by atoms with E-state index in [1.807, 2.05) is 30.5 Å². The predicted molar refractivity (Wildman–Crippen MR) is 140 cm³/mol. The fourth-order valence-corrected chi connectivity index (χ4v) is 4.47. The van der Waals surface area contributed by atoms with Gasteiger partial charge in [-0.05, 0) is 73.5 Å². The SMILES string of the molecule is Nc1ccc(Oc2ncccc2-c2ccc3[nH]cc(-c4cncc(O[C@@H]5CCCNC5)n4)c3c2)cc1. The molecule has 2 aromatic carbocycles. The molecule has 1 fully saturated rings. The molecule has 0 spiro atoms. The number of nitrogens with two attached hydrogens (primary N) is 1. The van der Waals surface area contributed by atoms with Crippen LogP contribution in [-0.2, 0) is 0 Å². The lowest BCUT2D eigenvalue weighted by Gasteiger charge is -2.23. The van der Waals surface area contributed by atoms with Crippen LogP contribution in [0.4, 0.5) is 5.69 Å². The summed E-state index contributed by atoms with van der Waals surface area (Å²) in [4.78, 5) is 17.0. The Bertz CT molecular complexity index is 1490.